The van der Waals surface area contributed by atoms with E-state index >= 15 is 0 Å². The van der Waals surface area contributed by atoms with Crippen LogP contribution in [0.15, 0.2) is 12.1 Å². The highest BCUT2D eigenvalue weighted by Crippen LogP contribution is 2.34. The highest BCUT2D eigenvalue weighted by molar-refractivity contribution is 6.34. The van der Waals surface area contributed by atoms with Gasteiger partial charge in [-0.25, -0.2) is 4.39 Å². The molecule has 1 aromatic carbocycles. The second-order valence-corrected chi connectivity index (χ2v) is 4.37. The van der Waals surface area contributed by atoms with Gasteiger partial charge in [-0.1, -0.05) is 17.7 Å². The molecule has 0 radical (unpaired) electrons. The number of anilines is 1. The highest BCUT2D eigenvalue weighted by Gasteiger charge is 2.31. The molecule has 5 heteroatoms. The number of carbonyl (C=O) groups excluding carboxylic acids is 1. The molecule has 1 aromatic rings. The minimum absolute atomic E-state index is 0.152. The first-order valence-electron chi connectivity index (χ1n) is 5.01. The maximum atomic E-state index is 13.7. The Morgan fingerprint density at radius 1 is 1.56 bits per heavy atom. The molecular formula is C11H12ClFN2O. The fraction of sp³-hybridized carbons (Fsp3) is 0.364. The molecule has 0 aliphatic carbocycles. The van der Waals surface area contributed by atoms with Crippen molar-refractivity contribution in [2.45, 2.75) is 19.4 Å². The predicted molar refractivity (Wildman–Crippen MR) is 61.1 cm³/mol. The Morgan fingerprint density at radius 2 is 2.25 bits per heavy atom. The van der Waals surface area contributed by atoms with Gasteiger partial charge in [0, 0.05) is 19.0 Å². The van der Waals surface area contributed by atoms with E-state index in [0.29, 0.717) is 6.54 Å². The number of benzene rings is 1. The molecule has 1 saturated heterocycles. The quantitative estimate of drug-likeness (QED) is 0.817. The molecule has 1 unspecified atom stereocenters. The van der Waals surface area contributed by atoms with Gasteiger partial charge in [0.2, 0.25) is 5.91 Å². The second-order valence-electron chi connectivity index (χ2n) is 4.00. The zero-order chi connectivity index (χ0) is 11.9. The molecule has 0 bridgehead atoms. The molecule has 2 rings (SSSR count). The Morgan fingerprint density at radius 3 is 2.81 bits per heavy atom. The number of carbonyl (C=O) groups is 1. The van der Waals surface area contributed by atoms with Crippen molar-refractivity contribution in [3.8, 4) is 0 Å². The molecular weight excluding hydrogens is 231 g/mol. The lowest BCUT2D eigenvalue weighted by Gasteiger charge is -2.19. The Balaban J connectivity index is 2.48. The second kappa shape index (κ2) is 4.03. The van der Waals surface area contributed by atoms with Crippen LogP contribution >= 0.6 is 11.6 Å². The molecule has 3 nitrogen and oxygen atoms in total. The third-order valence-corrected chi connectivity index (χ3v) is 3.16. The molecule has 1 amide bonds. The zero-order valence-corrected chi connectivity index (χ0v) is 9.59. The number of nitrogens with two attached hydrogens (primary N) is 1. The molecule has 1 heterocycles. The van der Waals surface area contributed by atoms with E-state index in [1.165, 1.54) is 11.0 Å². The van der Waals surface area contributed by atoms with Crippen LogP contribution in [0.2, 0.25) is 5.02 Å². The average molecular weight is 243 g/mol. The molecule has 0 spiro atoms. The van der Waals surface area contributed by atoms with Crippen LogP contribution in [-0.4, -0.2) is 18.5 Å². The minimum atomic E-state index is -0.488. The largest absolute Gasteiger partial charge is 0.326 e. The van der Waals surface area contributed by atoms with E-state index in [0.717, 1.165) is 5.56 Å². The summed E-state index contributed by atoms with van der Waals surface area (Å²) in [6.07, 6.45) is 0.240. The number of halogens is 2. The first-order chi connectivity index (χ1) is 7.50. The van der Waals surface area contributed by atoms with Crippen LogP contribution in [0.1, 0.15) is 12.0 Å². The predicted octanol–water partition coefficient (Wildman–Crippen LogP) is 1.85. The van der Waals surface area contributed by atoms with Crippen LogP contribution in [0.4, 0.5) is 10.1 Å². The van der Waals surface area contributed by atoms with E-state index in [4.69, 9.17) is 17.3 Å². The van der Waals surface area contributed by atoms with Crippen LogP contribution in [0, 0.1) is 12.7 Å². The fourth-order valence-electron chi connectivity index (χ4n) is 1.84. The fourth-order valence-corrected chi connectivity index (χ4v) is 2.10. The summed E-state index contributed by atoms with van der Waals surface area (Å²) in [5.41, 5.74) is 6.56. The summed E-state index contributed by atoms with van der Waals surface area (Å²) in [7, 11) is 0. The van der Waals surface area contributed by atoms with Crippen LogP contribution < -0.4 is 10.6 Å². The summed E-state index contributed by atoms with van der Waals surface area (Å²) in [5.74, 6) is -0.669. The highest BCUT2D eigenvalue weighted by atomic mass is 35.5. The van der Waals surface area contributed by atoms with E-state index in [1.807, 2.05) is 0 Å². The lowest BCUT2D eigenvalue weighted by atomic mass is 10.2. The molecule has 0 aromatic heterocycles. The maximum absolute atomic E-state index is 13.7. The third kappa shape index (κ3) is 1.79. The van der Waals surface area contributed by atoms with E-state index in [-0.39, 0.29) is 29.1 Å². The standard InChI is InChI=1S/C11H12ClFN2O/c1-6-2-3-8(13)11(10(6)12)15-5-7(14)4-9(15)16/h2-3,7H,4-5,14H2,1H3. The summed E-state index contributed by atoms with van der Waals surface area (Å²) < 4.78 is 13.7. The van der Waals surface area contributed by atoms with Crippen LogP contribution in [-0.2, 0) is 4.79 Å². The average Bonchev–Trinajstić information content (AvgIpc) is 2.53. The van der Waals surface area contributed by atoms with Gasteiger partial charge in [-0.05, 0) is 18.6 Å². The third-order valence-electron chi connectivity index (χ3n) is 2.68. The summed E-state index contributed by atoms with van der Waals surface area (Å²) in [5, 5.41) is 0.280. The number of hydrogen-bond donors (Lipinski definition) is 1. The van der Waals surface area contributed by atoms with Gasteiger partial charge in [-0.3, -0.25) is 4.79 Å². The van der Waals surface area contributed by atoms with Crippen molar-refractivity contribution in [3.63, 3.8) is 0 Å². The zero-order valence-electron chi connectivity index (χ0n) is 8.84. The van der Waals surface area contributed by atoms with Gasteiger partial charge in [0.05, 0.1) is 10.7 Å². The lowest BCUT2D eigenvalue weighted by Crippen LogP contribution is -2.29. The van der Waals surface area contributed by atoms with E-state index in [9.17, 15) is 9.18 Å². The molecule has 2 N–H and O–H groups in total. The monoisotopic (exact) mass is 242 g/mol. The Bertz CT molecular complexity index is 450. The first-order valence-corrected chi connectivity index (χ1v) is 5.39. The van der Waals surface area contributed by atoms with Crippen LogP contribution in [0.3, 0.4) is 0 Å². The molecule has 1 aliphatic heterocycles. The minimum Gasteiger partial charge on any atom is -0.326 e. The van der Waals surface area contributed by atoms with E-state index in [2.05, 4.69) is 0 Å². The van der Waals surface area contributed by atoms with Gasteiger partial charge in [0.25, 0.3) is 0 Å². The topological polar surface area (TPSA) is 46.3 Å². The summed E-state index contributed by atoms with van der Waals surface area (Å²) >= 11 is 6.02. The number of amides is 1. The Kier molecular flexibility index (Phi) is 2.86. The summed E-state index contributed by atoms with van der Waals surface area (Å²) in [6.45, 7) is 2.09. The normalized spacial score (nSPS) is 20.6. The van der Waals surface area contributed by atoms with Gasteiger partial charge in [0.1, 0.15) is 5.82 Å². The van der Waals surface area contributed by atoms with Crippen molar-refractivity contribution in [1.82, 2.24) is 0 Å². The lowest BCUT2D eigenvalue weighted by molar-refractivity contribution is -0.117. The van der Waals surface area contributed by atoms with Crippen molar-refractivity contribution in [1.29, 1.82) is 0 Å². The Labute approximate surface area is 98.0 Å². The summed E-state index contributed by atoms with van der Waals surface area (Å²) in [4.78, 5) is 13.0. The smallest absolute Gasteiger partial charge is 0.228 e. The first kappa shape index (κ1) is 11.4. The van der Waals surface area contributed by atoms with Crippen molar-refractivity contribution in [3.05, 3.63) is 28.5 Å². The molecule has 86 valence electrons. The molecule has 1 atom stereocenters. The van der Waals surface area contributed by atoms with Crippen LogP contribution in [0.5, 0.6) is 0 Å². The maximum Gasteiger partial charge on any atom is 0.228 e. The van der Waals surface area contributed by atoms with Crippen molar-refractivity contribution < 1.29 is 9.18 Å². The van der Waals surface area contributed by atoms with Crippen molar-refractivity contribution >= 4 is 23.2 Å². The van der Waals surface area contributed by atoms with Crippen molar-refractivity contribution in [2.75, 3.05) is 11.4 Å². The number of hydrogen-bond acceptors (Lipinski definition) is 2. The van der Waals surface area contributed by atoms with Crippen LogP contribution in [0.25, 0.3) is 0 Å². The molecule has 1 fully saturated rings. The van der Waals surface area contributed by atoms with Crippen molar-refractivity contribution in [2.24, 2.45) is 5.73 Å². The SMILES string of the molecule is Cc1ccc(F)c(N2CC(N)CC2=O)c1Cl. The van der Waals surface area contributed by atoms with Gasteiger partial charge in [0.15, 0.2) is 0 Å². The molecule has 0 saturated carbocycles. The molecule has 16 heavy (non-hydrogen) atoms. The number of nitrogens with zero attached hydrogens (tertiary/aromatic N) is 1. The summed E-state index contributed by atoms with van der Waals surface area (Å²) in [6, 6.07) is 2.65. The van der Waals surface area contributed by atoms with E-state index in [1.54, 1.807) is 13.0 Å². The Hall–Kier alpha value is -1.13. The van der Waals surface area contributed by atoms with Gasteiger partial charge in [-0.15, -0.1) is 0 Å². The van der Waals surface area contributed by atoms with E-state index < -0.39 is 5.82 Å². The van der Waals surface area contributed by atoms with Gasteiger partial charge in [-0.2, -0.15) is 0 Å². The number of rotatable bonds is 1. The number of aryl methyl sites for hydroxylation is 1. The van der Waals surface area contributed by atoms with Gasteiger partial charge < -0.3 is 10.6 Å². The van der Waals surface area contributed by atoms with Gasteiger partial charge >= 0.3 is 0 Å². The molecule has 1 aliphatic rings.